The first kappa shape index (κ1) is 24.3. The number of rotatable bonds is 9. The summed E-state index contributed by atoms with van der Waals surface area (Å²) < 4.78 is 30.4. The third-order valence-electron chi connectivity index (χ3n) is 7.32. The van der Waals surface area contributed by atoms with Crippen LogP contribution in [-0.4, -0.2) is 49.7 Å². The van der Waals surface area contributed by atoms with Gasteiger partial charge in [0.05, 0.1) is 24.8 Å². The molecule has 0 saturated carbocycles. The zero-order valence-electron chi connectivity index (χ0n) is 20.5. The summed E-state index contributed by atoms with van der Waals surface area (Å²) in [7, 11) is 1.62. The molecule has 1 fully saturated rings. The average Bonchev–Trinajstić information content (AvgIpc) is 3.34. The van der Waals surface area contributed by atoms with Crippen LogP contribution in [0.15, 0.2) is 65.2 Å². The zero-order valence-corrected chi connectivity index (χ0v) is 20.5. The molecule has 1 aliphatic carbocycles. The summed E-state index contributed by atoms with van der Waals surface area (Å²) in [4.78, 5) is 14.4. The highest BCUT2D eigenvalue weighted by Gasteiger charge is 2.30. The second-order valence-electron chi connectivity index (χ2n) is 9.54. The molecule has 1 saturated heterocycles. The molecule has 5 rings (SSSR count). The van der Waals surface area contributed by atoms with Crippen LogP contribution in [0, 0.1) is 5.82 Å². The Morgan fingerprint density at radius 1 is 1.17 bits per heavy atom. The minimum Gasteiger partial charge on any atom is -0.493 e. The van der Waals surface area contributed by atoms with E-state index in [1.807, 2.05) is 42.5 Å². The number of hydrogen-bond donors (Lipinski definition) is 0. The Kier molecular flexibility index (Phi) is 7.18. The summed E-state index contributed by atoms with van der Waals surface area (Å²) >= 11 is 0. The predicted octanol–water partition coefficient (Wildman–Crippen LogP) is 5.58. The second kappa shape index (κ2) is 10.7. The smallest absolute Gasteiger partial charge is 0.170 e. The highest BCUT2D eigenvalue weighted by molar-refractivity contribution is 5.80. The molecule has 1 unspecified atom stereocenters. The minimum absolute atomic E-state index is 0.308. The van der Waals surface area contributed by atoms with Crippen LogP contribution >= 0.6 is 0 Å². The van der Waals surface area contributed by atoms with Gasteiger partial charge in [-0.05, 0) is 68.6 Å². The van der Waals surface area contributed by atoms with E-state index >= 15 is 0 Å². The molecule has 0 bridgehead atoms. The first-order valence-electron chi connectivity index (χ1n) is 12.5. The number of fused-ring (bicyclic) bond motifs is 1. The number of ether oxygens (including phenoxy) is 2. The molecular formula is C29H31FN2O4. The van der Waals surface area contributed by atoms with Crippen molar-refractivity contribution in [1.29, 1.82) is 0 Å². The number of carbonyl (C=O) groups is 1. The maximum absolute atomic E-state index is 13.4. The van der Waals surface area contributed by atoms with Crippen LogP contribution in [0.4, 0.5) is 4.39 Å². The topological polar surface area (TPSA) is 64.8 Å². The van der Waals surface area contributed by atoms with E-state index < -0.39 is 5.41 Å². The van der Waals surface area contributed by atoms with Crippen molar-refractivity contribution in [1.82, 2.24) is 10.1 Å². The molecule has 0 amide bonds. The Bertz CT molecular complexity index is 1280. The van der Waals surface area contributed by atoms with Crippen molar-refractivity contribution in [2.24, 2.45) is 0 Å². The van der Waals surface area contributed by atoms with Crippen molar-refractivity contribution < 1.29 is 23.2 Å². The van der Waals surface area contributed by atoms with Gasteiger partial charge in [-0.25, -0.2) is 4.39 Å². The lowest BCUT2D eigenvalue weighted by Gasteiger charge is -2.31. The number of benzene rings is 2. The Morgan fingerprint density at radius 3 is 2.78 bits per heavy atom. The van der Waals surface area contributed by atoms with Crippen molar-refractivity contribution in [3.05, 3.63) is 77.8 Å². The van der Waals surface area contributed by atoms with Crippen LogP contribution in [0.3, 0.4) is 0 Å². The fourth-order valence-electron chi connectivity index (χ4n) is 5.21. The van der Waals surface area contributed by atoms with Crippen molar-refractivity contribution in [2.75, 3.05) is 33.4 Å². The van der Waals surface area contributed by atoms with Crippen molar-refractivity contribution in [3.63, 3.8) is 0 Å². The number of allylic oxidation sites excluding steroid dienone is 4. The summed E-state index contributed by atoms with van der Waals surface area (Å²) in [6, 6.07) is 10.4. The fraction of sp³-hybridized carbons (Fsp3) is 0.379. The van der Waals surface area contributed by atoms with Gasteiger partial charge >= 0.3 is 0 Å². The van der Waals surface area contributed by atoms with Gasteiger partial charge in [0.2, 0.25) is 0 Å². The summed E-state index contributed by atoms with van der Waals surface area (Å²) in [5.74, 6) is 1.34. The summed E-state index contributed by atoms with van der Waals surface area (Å²) in [6.45, 7) is 3.44. The highest BCUT2D eigenvalue weighted by atomic mass is 19.1. The van der Waals surface area contributed by atoms with E-state index in [4.69, 9.17) is 14.0 Å². The maximum atomic E-state index is 13.4. The number of methoxy groups -OCH3 is 1. The number of nitrogens with zero attached hydrogens (tertiary/aromatic N) is 2. The zero-order chi connectivity index (χ0) is 25.0. The number of carbonyl (C=O) groups excluding carboxylic acids is 1. The number of aldehydes is 1. The monoisotopic (exact) mass is 490 g/mol. The molecule has 36 heavy (non-hydrogen) atoms. The van der Waals surface area contributed by atoms with Crippen molar-refractivity contribution in [2.45, 2.75) is 37.0 Å². The van der Waals surface area contributed by atoms with E-state index in [-0.39, 0.29) is 5.82 Å². The molecule has 2 heterocycles. The SMILES string of the molecule is COc1ccc(C2(C=O)C=CC=CC2)cc1OCCCN1CCC(c2noc3cc(F)ccc23)CC1. The van der Waals surface area contributed by atoms with Gasteiger partial charge in [-0.2, -0.15) is 0 Å². The van der Waals surface area contributed by atoms with Gasteiger partial charge in [0.25, 0.3) is 0 Å². The van der Waals surface area contributed by atoms with E-state index in [0.717, 1.165) is 61.8 Å². The lowest BCUT2D eigenvalue weighted by Crippen LogP contribution is -2.34. The third kappa shape index (κ3) is 4.93. The fourth-order valence-corrected chi connectivity index (χ4v) is 5.21. The molecule has 1 atom stereocenters. The number of piperidine rings is 1. The number of aromatic nitrogens is 1. The minimum atomic E-state index is -0.660. The van der Waals surface area contributed by atoms with Gasteiger partial charge in [0, 0.05) is 23.9 Å². The quantitative estimate of drug-likeness (QED) is 0.288. The third-order valence-corrected chi connectivity index (χ3v) is 7.32. The number of hydrogen-bond acceptors (Lipinski definition) is 6. The average molecular weight is 491 g/mol. The Balaban J connectivity index is 1.14. The summed E-state index contributed by atoms with van der Waals surface area (Å²) in [5.41, 5.74) is 1.70. The van der Waals surface area contributed by atoms with Crippen molar-refractivity contribution in [3.8, 4) is 11.5 Å². The normalized spacial score (nSPS) is 20.6. The van der Waals surface area contributed by atoms with Crippen LogP contribution in [-0.2, 0) is 10.2 Å². The van der Waals surface area contributed by atoms with Gasteiger partial charge < -0.3 is 23.7 Å². The van der Waals surface area contributed by atoms with E-state index in [9.17, 15) is 9.18 Å². The van der Waals surface area contributed by atoms with Crippen LogP contribution in [0.5, 0.6) is 11.5 Å². The first-order chi connectivity index (χ1) is 17.6. The Morgan fingerprint density at radius 2 is 2.03 bits per heavy atom. The van der Waals surface area contributed by atoms with Gasteiger partial charge in [-0.1, -0.05) is 35.5 Å². The Labute approximate surface area is 210 Å². The van der Waals surface area contributed by atoms with Gasteiger partial charge in [0.1, 0.15) is 12.1 Å². The van der Waals surface area contributed by atoms with Crippen LogP contribution in [0.1, 0.15) is 42.9 Å². The molecule has 2 aromatic carbocycles. The maximum Gasteiger partial charge on any atom is 0.170 e. The molecule has 0 N–H and O–H groups in total. The molecule has 2 aliphatic rings. The lowest BCUT2D eigenvalue weighted by atomic mass is 9.77. The van der Waals surface area contributed by atoms with E-state index in [1.54, 1.807) is 13.2 Å². The predicted molar refractivity (Wildman–Crippen MR) is 136 cm³/mol. The lowest BCUT2D eigenvalue weighted by molar-refractivity contribution is -0.111. The highest BCUT2D eigenvalue weighted by Crippen LogP contribution is 2.37. The molecule has 0 radical (unpaired) electrons. The summed E-state index contributed by atoms with van der Waals surface area (Å²) in [5, 5.41) is 5.15. The Hall–Kier alpha value is -3.45. The first-order valence-corrected chi connectivity index (χ1v) is 12.5. The number of likely N-dealkylation sites (tertiary alicyclic amines) is 1. The molecule has 1 aliphatic heterocycles. The van der Waals surface area contributed by atoms with E-state index in [1.165, 1.54) is 12.1 Å². The van der Waals surface area contributed by atoms with Crippen LogP contribution in [0.2, 0.25) is 0 Å². The van der Waals surface area contributed by atoms with Crippen LogP contribution < -0.4 is 9.47 Å². The van der Waals surface area contributed by atoms with Crippen molar-refractivity contribution >= 4 is 17.3 Å². The molecule has 188 valence electrons. The molecular weight excluding hydrogens is 459 g/mol. The molecule has 3 aromatic rings. The largest absolute Gasteiger partial charge is 0.493 e. The van der Waals surface area contributed by atoms with E-state index in [2.05, 4.69) is 10.1 Å². The molecule has 7 heteroatoms. The van der Waals surface area contributed by atoms with E-state index in [0.29, 0.717) is 36.0 Å². The van der Waals surface area contributed by atoms with Gasteiger partial charge in [-0.15, -0.1) is 0 Å². The molecule has 0 spiro atoms. The number of halogens is 1. The van der Waals surface area contributed by atoms with Gasteiger partial charge in [-0.3, -0.25) is 0 Å². The van der Waals surface area contributed by atoms with Gasteiger partial charge in [0.15, 0.2) is 17.1 Å². The summed E-state index contributed by atoms with van der Waals surface area (Å²) in [6.07, 6.45) is 12.3. The molecule has 6 nitrogen and oxygen atoms in total. The van der Waals surface area contributed by atoms with Crippen LogP contribution in [0.25, 0.3) is 11.0 Å². The second-order valence-corrected chi connectivity index (χ2v) is 9.54. The standard InChI is InChI=1S/C29H31FN2O4/c1-34-25-9-6-22(29(20-33)12-3-2-4-13-29)18-27(25)35-17-5-14-32-15-10-21(11-16-32)28-24-8-7-23(30)19-26(24)36-31-28/h2-4,6-9,12,18-21H,5,10-11,13-17H2,1H3. The molecule has 1 aromatic heterocycles.